The number of nitrogen functional groups attached to an aromatic ring is 1. The number of hydrogen-bond acceptors (Lipinski definition) is 4. The first kappa shape index (κ1) is 10.4. The van der Waals surface area contributed by atoms with E-state index in [1.807, 2.05) is 19.9 Å². The summed E-state index contributed by atoms with van der Waals surface area (Å²) in [6, 6.07) is 1.84. The number of aromatic nitrogens is 3. The largest absolute Gasteiger partial charge is 0.381 e. The second-order valence-electron chi connectivity index (χ2n) is 3.90. The first-order valence-corrected chi connectivity index (χ1v) is 4.95. The van der Waals surface area contributed by atoms with Crippen molar-refractivity contribution in [2.24, 2.45) is 5.73 Å². The number of fused-ring (bicyclic) bond motifs is 1. The van der Waals surface area contributed by atoms with Crippen molar-refractivity contribution in [1.29, 1.82) is 0 Å². The quantitative estimate of drug-likeness (QED) is 0.769. The molecule has 0 bridgehead atoms. The van der Waals surface area contributed by atoms with Gasteiger partial charge in [0, 0.05) is 11.9 Å². The van der Waals surface area contributed by atoms with Gasteiger partial charge in [-0.3, -0.25) is 4.79 Å². The van der Waals surface area contributed by atoms with Crippen molar-refractivity contribution >= 4 is 17.4 Å². The van der Waals surface area contributed by atoms with E-state index in [-0.39, 0.29) is 17.3 Å². The number of nitrogens with zero attached hydrogens (tertiary/aromatic N) is 3. The highest BCUT2D eigenvalue weighted by Crippen LogP contribution is 2.18. The van der Waals surface area contributed by atoms with E-state index >= 15 is 0 Å². The number of amides is 1. The van der Waals surface area contributed by atoms with Crippen LogP contribution >= 0.6 is 0 Å². The minimum absolute atomic E-state index is 0.112. The Morgan fingerprint density at radius 2 is 2.19 bits per heavy atom. The van der Waals surface area contributed by atoms with Gasteiger partial charge >= 0.3 is 0 Å². The van der Waals surface area contributed by atoms with E-state index < -0.39 is 5.91 Å². The van der Waals surface area contributed by atoms with E-state index in [4.69, 9.17) is 11.5 Å². The molecule has 84 valence electrons. The molecule has 2 aromatic rings. The Morgan fingerprint density at radius 1 is 1.50 bits per heavy atom. The van der Waals surface area contributed by atoms with Gasteiger partial charge in [-0.15, -0.1) is 5.10 Å². The monoisotopic (exact) mass is 219 g/mol. The molecule has 6 nitrogen and oxygen atoms in total. The predicted octanol–water partition coefficient (Wildman–Crippen LogP) is 0.534. The molecule has 0 unspecified atom stereocenters. The molecule has 0 fully saturated rings. The maximum absolute atomic E-state index is 11.2. The zero-order chi connectivity index (χ0) is 11.9. The van der Waals surface area contributed by atoms with Crippen molar-refractivity contribution in [3.8, 4) is 0 Å². The fourth-order valence-corrected chi connectivity index (χ4v) is 1.52. The molecule has 0 spiro atoms. The van der Waals surface area contributed by atoms with Gasteiger partial charge in [-0.25, -0.2) is 9.50 Å². The van der Waals surface area contributed by atoms with Gasteiger partial charge in [0.1, 0.15) is 5.56 Å². The van der Waals surface area contributed by atoms with E-state index in [0.29, 0.717) is 5.65 Å². The third-order valence-corrected chi connectivity index (χ3v) is 2.37. The molecule has 2 rings (SSSR count). The molecule has 0 aliphatic rings. The molecule has 1 amide bonds. The Bertz CT molecular complexity index is 558. The number of carbonyl (C=O) groups is 1. The number of hydrogen-bond donors (Lipinski definition) is 2. The number of anilines is 1. The summed E-state index contributed by atoms with van der Waals surface area (Å²) in [6.07, 6.45) is 1.72. The Hall–Kier alpha value is -2.11. The Balaban J connectivity index is 2.74. The van der Waals surface area contributed by atoms with Crippen LogP contribution in [0.5, 0.6) is 0 Å². The molecule has 0 saturated carbocycles. The van der Waals surface area contributed by atoms with E-state index in [0.717, 1.165) is 5.69 Å². The van der Waals surface area contributed by atoms with Crippen molar-refractivity contribution in [3.05, 3.63) is 23.5 Å². The standard InChI is InChI=1S/C10H13N5O/c1-5(2)6-3-4-15-10(13-6)7(9(12)16)8(11)14-15/h3-5H,1-2H3,(H2,11,14)(H2,12,16). The summed E-state index contributed by atoms with van der Waals surface area (Å²) in [5.74, 6) is -0.233. The van der Waals surface area contributed by atoms with Crippen LogP contribution in [0, 0.1) is 0 Å². The molecule has 2 heterocycles. The molecular formula is C10H13N5O. The predicted molar refractivity (Wildman–Crippen MR) is 60.0 cm³/mol. The normalized spacial score (nSPS) is 11.2. The van der Waals surface area contributed by atoms with Gasteiger partial charge in [0.15, 0.2) is 11.5 Å². The Kier molecular flexibility index (Phi) is 2.26. The summed E-state index contributed by atoms with van der Waals surface area (Å²) >= 11 is 0. The van der Waals surface area contributed by atoms with Crippen LogP contribution in [-0.2, 0) is 0 Å². The molecule has 0 aromatic carbocycles. The molecule has 4 N–H and O–H groups in total. The van der Waals surface area contributed by atoms with Crippen LogP contribution < -0.4 is 11.5 Å². The number of primary amides is 1. The van der Waals surface area contributed by atoms with Crippen LogP contribution in [0.4, 0.5) is 5.82 Å². The van der Waals surface area contributed by atoms with E-state index in [9.17, 15) is 4.79 Å². The maximum Gasteiger partial charge on any atom is 0.256 e. The van der Waals surface area contributed by atoms with Crippen LogP contribution in [0.15, 0.2) is 12.3 Å². The Morgan fingerprint density at radius 3 is 2.75 bits per heavy atom. The second kappa shape index (κ2) is 3.48. The third kappa shape index (κ3) is 1.48. The lowest BCUT2D eigenvalue weighted by molar-refractivity contribution is 0.100. The van der Waals surface area contributed by atoms with Crippen LogP contribution in [0.3, 0.4) is 0 Å². The first-order valence-electron chi connectivity index (χ1n) is 4.95. The fourth-order valence-electron chi connectivity index (χ4n) is 1.52. The summed E-state index contributed by atoms with van der Waals surface area (Å²) in [4.78, 5) is 15.6. The molecule has 0 aliphatic carbocycles. The van der Waals surface area contributed by atoms with Crippen LogP contribution in [0.1, 0.15) is 35.8 Å². The highest BCUT2D eigenvalue weighted by Gasteiger charge is 2.17. The van der Waals surface area contributed by atoms with Crippen molar-refractivity contribution < 1.29 is 4.79 Å². The molecule has 0 aliphatic heterocycles. The lowest BCUT2D eigenvalue weighted by Gasteiger charge is -2.04. The van der Waals surface area contributed by atoms with Crippen molar-refractivity contribution in [3.63, 3.8) is 0 Å². The lowest BCUT2D eigenvalue weighted by Crippen LogP contribution is -2.13. The average Bonchev–Trinajstić information content (AvgIpc) is 2.51. The highest BCUT2D eigenvalue weighted by atomic mass is 16.1. The number of carbonyl (C=O) groups excluding carboxylic acids is 1. The topological polar surface area (TPSA) is 99.3 Å². The minimum Gasteiger partial charge on any atom is -0.381 e. The smallest absolute Gasteiger partial charge is 0.256 e. The lowest BCUT2D eigenvalue weighted by atomic mass is 10.1. The summed E-state index contributed by atoms with van der Waals surface area (Å²) < 4.78 is 1.46. The second-order valence-corrected chi connectivity index (χ2v) is 3.90. The van der Waals surface area contributed by atoms with Gasteiger partial charge in [-0.05, 0) is 12.0 Å². The van der Waals surface area contributed by atoms with Crippen LogP contribution in [0.25, 0.3) is 5.65 Å². The zero-order valence-corrected chi connectivity index (χ0v) is 9.14. The van der Waals surface area contributed by atoms with Gasteiger partial charge in [-0.2, -0.15) is 0 Å². The van der Waals surface area contributed by atoms with E-state index in [1.165, 1.54) is 4.52 Å². The first-order chi connectivity index (χ1) is 7.50. The zero-order valence-electron chi connectivity index (χ0n) is 9.14. The van der Waals surface area contributed by atoms with Gasteiger partial charge in [0.05, 0.1) is 0 Å². The summed E-state index contributed by atoms with van der Waals surface area (Å²) in [5, 5.41) is 3.97. The Labute approximate surface area is 92.3 Å². The van der Waals surface area contributed by atoms with E-state index in [2.05, 4.69) is 10.1 Å². The molecule has 16 heavy (non-hydrogen) atoms. The van der Waals surface area contributed by atoms with Crippen LogP contribution in [-0.4, -0.2) is 20.5 Å². The summed E-state index contributed by atoms with van der Waals surface area (Å²) in [5.41, 5.74) is 12.3. The minimum atomic E-state index is -0.610. The molecule has 6 heteroatoms. The molecule has 0 radical (unpaired) electrons. The van der Waals surface area contributed by atoms with Crippen LogP contribution in [0.2, 0.25) is 0 Å². The third-order valence-electron chi connectivity index (χ3n) is 2.37. The average molecular weight is 219 g/mol. The van der Waals surface area contributed by atoms with Gasteiger partial charge in [0.25, 0.3) is 5.91 Å². The van der Waals surface area contributed by atoms with Crippen molar-refractivity contribution in [2.75, 3.05) is 5.73 Å². The molecule has 0 atom stereocenters. The maximum atomic E-state index is 11.2. The fraction of sp³-hybridized carbons (Fsp3) is 0.300. The molecular weight excluding hydrogens is 206 g/mol. The van der Waals surface area contributed by atoms with Gasteiger partial charge in [-0.1, -0.05) is 13.8 Å². The van der Waals surface area contributed by atoms with Gasteiger partial charge in [0.2, 0.25) is 0 Å². The number of rotatable bonds is 2. The van der Waals surface area contributed by atoms with Crippen molar-refractivity contribution in [1.82, 2.24) is 14.6 Å². The van der Waals surface area contributed by atoms with E-state index in [1.54, 1.807) is 6.20 Å². The van der Waals surface area contributed by atoms with Gasteiger partial charge < -0.3 is 11.5 Å². The summed E-state index contributed by atoms with van der Waals surface area (Å²) in [6.45, 7) is 4.03. The van der Waals surface area contributed by atoms with Crippen molar-refractivity contribution in [2.45, 2.75) is 19.8 Å². The number of nitrogens with two attached hydrogens (primary N) is 2. The molecule has 2 aromatic heterocycles. The SMILES string of the molecule is CC(C)c1ccn2nc(N)c(C(N)=O)c2n1. The molecule has 0 saturated heterocycles. The highest BCUT2D eigenvalue weighted by molar-refractivity contribution is 6.03. The summed E-state index contributed by atoms with van der Waals surface area (Å²) in [7, 11) is 0.